The SMILES string of the molecule is CC(N)CCNc1cc(Nc2cc[nH]c2)ncn1. The molecular weight excluding hydrogens is 228 g/mol. The molecule has 1 unspecified atom stereocenters. The van der Waals surface area contributed by atoms with E-state index >= 15 is 0 Å². The molecule has 5 N–H and O–H groups in total. The Balaban J connectivity index is 1.92. The maximum absolute atomic E-state index is 5.69. The first-order valence-electron chi connectivity index (χ1n) is 5.95. The Kier molecular flexibility index (Phi) is 4.14. The van der Waals surface area contributed by atoms with Crippen molar-refractivity contribution in [1.82, 2.24) is 15.0 Å². The number of nitrogens with zero attached hydrogens (tertiary/aromatic N) is 2. The lowest BCUT2D eigenvalue weighted by Gasteiger charge is -2.09. The Hall–Kier alpha value is -2.08. The Morgan fingerprint density at radius 3 is 2.94 bits per heavy atom. The molecule has 0 saturated carbocycles. The number of anilines is 3. The molecule has 18 heavy (non-hydrogen) atoms. The molecule has 2 aromatic heterocycles. The third kappa shape index (κ3) is 3.74. The van der Waals surface area contributed by atoms with Crippen molar-refractivity contribution in [2.24, 2.45) is 5.73 Å². The molecule has 0 aliphatic carbocycles. The van der Waals surface area contributed by atoms with Crippen LogP contribution in [0.1, 0.15) is 13.3 Å². The van der Waals surface area contributed by atoms with Crippen LogP contribution in [-0.4, -0.2) is 27.5 Å². The molecule has 0 aliphatic heterocycles. The number of hydrogen-bond donors (Lipinski definition) is 4. The summed E-state index contributed by atoms with van der Waals surface area (Å²) >= 11 is 0. The maximum Gasteiger partial charge on any atom is 0.135 e. The zero-order chi connectivity index (χ0) is 12.8. The van der Waals surface area contributed by atoms with Gasteiger partial charge in [-0.05, 0) is 19.4 Å². The van der Waals surface area contributed by atoms with Crippen molar-refractivity contribution >= 4 is 17.3 Å². The van der Waals surface area contributed by atoms with Gasteiger partial charge in [0.05, 0.1) is 5.69 Å². The Labute approximate surface area is 106 Å². The predicted molar refractivity (Wildman–Crippen MR) is 72.9 cm³/mol. The largest absolute Gasteiger partial charge is 0.370 e. The Bertz CT molecular complexity index is 465. The Morgan fingerprint density at radius 1 is 1.39 bits per heavy atom. The number of hydrogen-bond acceptors (Lipinski definition) is 5. The molecule has 2 rings (SSSR count). The van der Waals surface area contributed by atoms with Crippen LogP contribution in [0.25, 0.3) is 0 Å². The third-order valence-electron chi connectivity index (χ3n) is 2.44. The van der Waals surface area contributed by atoms with E-state index in [1.807, 2.05) is 31.5 Å². The van der Waals surface area contributed by atoms with Crippen LogP contribution < -0.4 is 16.4 Å². The number of H-pyrrole nitrogens is 1. The van der Waals surface area contributed by atoms with Crippen LogP contribution in [-0.2, 0) is 0 Å². The van der Waals surface area contributed by atoms with E-state index in [4.69, 9.17) is 5.73 Å². The van der Waals surface area contributed by atoms with Crippen molar-refractivity contribution < 1.29 is 0 Å². The lowest BCUT2D eigenvalue weighted by molar-refractivity contribution is 0.689. The van der Waals surface area contributed by atoms with Gasteiger partial charge in [-0.3, -0.25) is 0 Å². The number of aromatic amines is 1. The summed E-state index contributed by atoms with van der Waals surface area (Å²) in [4.78, 5) is 11.3. The first-order valence-corrected chi connectivity index (χ1v) is 5.95. The van der Waals surface area contributed by atoms with Gasteiger partial charge in [-0.15, -0.1) is 0 Å². The highest BCUT2D eigenvalue weighted by atomic mass is 15.1. The van der Waals surface area contributed by atoms with Gasteiger partial charge in [-0.1, -0.05) is 0 Å². The molecule has 0 radical (unpaired) electrons. The Morgan fingerprint density at radius 2 is 2.22 bits per heavy atom. The third-order valence-corrected chi connectivity index (χ3v) is 2.44. The fraction of sp³-hybridized carbons (Fsp3) is 0.333. The molecule has 96 valence electrons. The summed E-state index contributed by atoms with van der Waals surface area (Å²) in [5, 5.41) is 6.39. The van der Waals surface area contributed by atoms with Crippen molar-refractivity contribution in [1.29, 1.82) is 0 Å². The lowest BCUT2D eigenvalue weighted by atomic mass is 10.2. The van der Waals surface area contributed by atoms with Gasteiger partial charge in [0.2, 0.25) is 0 Å². The first kappa shape index (κ1) is 12.4. The van der Waals surface area contributed by atoms with Crippen molar-refractivity contribution in [3.05, 3.63) is 30.9 Å². The second-order valence-corrected chi connectivity index (χ2v) is 4.21. The normalized spacial score (nSPS) is 12.1. The minimum Gasteiger partial charge on any atom is -0.370 e. The van der Waals surface area contributed by atoms with Crippen molar-refractivity contribution in [2.75, 3.05) is 17.2 Å². The summed E-state index contributed by atoms with van der Waals surface area (Å²) in [6.45, 7) is 2.79. The summed E-state index contributed by atoms with van der Waals surface area (Å²) in [5.74, 6) is 1.55. The number of rotatable bonds is 6. The summed E-state index contributed by atoms with van der Waals surface area (Å²) in [6, 6.07) is 4.00. The standard InChI is InChI=1S/C12H18N6/c1-9(13)2-5-15-11-6-12(17-8-16-11)18-10-3-4-14-7-10/h3-4,6-9,14H,2,5,13H2,1H3,(H2,15,16,17,18). The van der Waals surface area contributed by atoms with Gasteiger partial charge >= 0.3 is 0 Å². The maximum atomic E-state index is 5.69. The molecule has 6 nitrogen and oxygen atoms in total. The second kappa shape index (κ2) is 6.02. The fourth-order valence-corrected chi connectivity index (χ4v) is 1.50. The quantitative estimate of drug-likeness (QED) is 0.622. The molecule has 0 amide bonds. The van der Waals surface area contributed by atoms with E-state index in [9.17, 15) is 0 Å². The van der Waals surface area contributed by atoms with Crippen molar-refractivity contribution in [3.8, 4) is 0 Å². The molecule has 0 spiro atoms. The highest BCUT2D eigenvalue weighted by Gasteiger charge is 2.00. The van der Waals surface area contributed by atoms with Gasteiger partial charge in [0, 0.05) is 31.0 Å². The molecule has 1 atom stereocenters. The van der Waals surface area contributed by atoms with E-state index in [0.29, 0.717) is 0 Å². The van der Waals surface area contributed by atoms with E-state index in [2.05, 4.69) is 25.6 Å². The molecule has 0 bridgehead atoms. The zero-order valence-electron chi connectivity index (χ0n) is 10.4. The van der Waals surface area contributed by atoms with Crippen LogP contribution in [0.3, 0.4) is 0 Å². The van der Waals surface area contributed by atoms with Crippen molar-refractivity contribution in [3.63, 3.8) is 0 Å². The van der Waals surface area contributed by atoms with E-state index in [-0.39, 0.29) is 6.04 Å². The van der Waals surface area contributed by atoms with Gasteiger partial charge < -0.3 is 21.4 Å². The van der Waals surface area contributed by atoms with Crippen LogP contribution in [0.2, 0.25) is 0 Å². The second-order valence-electron chi connectivity index (χ2n) is 4.21. The average Bonchev–Trinajstić information content (AvgIpc) is 2.82. The summed E-state index contributed by atoms with van der Waals surface area (Å²) in [7, 11) is 0. The summed E-state index contributed by atoms with van der Waals surface area (Å²) < 4.78 is 0. The van der Waals surface area contributed by atoms with Gasteiger partial charge in [0.15, 0.2) is 0 Å². The lowest BCUT2D eigenvalue weighted by Crippen LogP contribution is -2.19. The van der Waals surface area contributed by atoms with Gasteiger partial charge in [0.1, 0.15) is 18.0 Å². The molecular formula is C12H18N6. The summed E-state index contributed by atoms with van der Waals surface area (Å²) in [5.41, 5.74) is 6.66. The number of aromatic nitrogens is 3. The monoisotopic (exact) mass is 246 g/mol. The molecule has 0 aliphatic rings. The molecule has 0 fully saturated rings. The van der Waals surface area contributed by atoms with E-state index in [1.54, 1.807) is 0 Å². The fourth-order valence-electron chi connectivity index (χ4n) is 1.50. The highest BCUT2D eigenvalue weighted by molar-refractivity contribution is 5.57. The topological polar surface area (TPSA) is 91.7 Å². The van der Waals surface area contributed by atoms with E-state index < -0.39 is 0 Å². The smallest absolute Gasteiger partial charge is 0.135 e. The van der Waals surface area contributed by atoms with Crippen molar-refractivity contribution in [2.45, 2.75) is 19.4 Å². The average molecular weight is 246 g/mol. The van der Waals surface area contributed by atoms with E-state index in [1.165, 1.54) is 6.33 Å². The van der Waals surface area contributed by atoms with Gasteiger partial charge in [-0.25, -0.2) is 9.97 Å². The van der Waals surface area contributed by atoms with Crippen LogP contribution in [0.15, 0.2) is 30.9 Å². The van der Waals surface area contributed by atoms with Gasteiger partial charge in [-0.2, -0.15) is 0 Å². The van der Waals surface area contributed by atoms with E-state index in [0.717, 1.165) is 30.3 Å². The summed E-state index contributed by atoms with van der Waals surface area (Å²) in [6.07, 6.45) is 6.16. The molecule has 0 aromatic carbocycles. The van der Waals surface area contributed by atoms with Gasteiger partial charge in [0.25, 0.3) is 0 Å². The van der Waals surface area contributed by atoms with Crippen LogP contribution >= 0.6 is 0 Å². The first-order chi connectivity index (χ1) is 8.74. The molecule has 2 aromatic rings. The number of nitrogens with one attached hydrogen (secondary N) is 3. The predicted octanol–water partition coefficient (Wildman–Crippen LogP) is 1.70. The van der Waals surface area contributed by atoms with Crippen LogP contribution in [0, 0.1) is 0 Å². The highest BCUT2D eigenvalue weighted by Crippen LogP contribution is 2.15. The number of nitrogens with two attached hydrogens (primary N) is 1. The molecule has 2 heterocycles. The molecule has 0 saturated heterocycles. The minimum atomic E-state index is 0.191. The van der Waals surface area contributed by atoms with Crippen LogP contribution in [0.4, 0.5) is 17.3 Å². The zero-order valence-corrected chi connectivity index (χ0v) is 10.4. The molecule has 6 heteroatoms. The minimum absolute atomic E-state index is 0.191. The van der Waals surface area contributed by atoms with Crippen LogP contribution in [0.5, 0.6) is 0 Å².